The van der Waals surface area contributed by atoms with Crippen LogP contribution in [-0.4, -0.2) is 19.8 Å². The van der Waals surface area contributed by atoms with Gasteiger partial charge in [-0.1, -0.05) is 60.7 Å². The normalized spacial score (nSPS) is 21.7. The van der Waals surface area contributed by atoms with Gasteiger partial charge in [-0.15, -0.1) is 0 Å². The highest BCUT2D eigenvalue weighted by atomic mass is 15.5. The average molecular weight is 408 g/mol. The molecule has 3 aromatic rings. The third kappa shape index (κ3) is 3.88. The van der Waals surface area contributed by atoms with Crippen molar-refractivity contribution in [2.45, 2.75) is 25.3 Å². The highest BCUT2D eigenvalue weighted by Crippen LogP contribution is 2.46. The van der Waals surface area contributed by atoms with E-state index in [1.165, 1.54) is 40.9 Å². The monoisotopic (exact) mass is 407 g/mol. The SMILES string of the molecule is CN(C)c1ccc(/C=C2/CCCC3C2=NN(c2ccccc2)C3c2ccccc2)cc1. The van der Waals surface area contributed by atoms with E-state index in [1.54, 1.807) is 0 Å². The van der Waals surface area contributed by atoms with E-state index in [-0.39, 0.29) is 6.04 Å². The Morgan fingerprint density at radius 1 is 0.871 bits per heavy atom. The number of hydrogen-bond acceptors (Lipinski definition) is 3. The number of fused-ring (bicyclic) bond motifs is 1. The minimum Gasteiger partial charge on any atom is -0.378 e. The Hall–Kier alpha value is -3.33. The van der Waals surface area contributed by atoms with E-state index >= 15 is 0 Å². The maximum absolute atomic E-state index is 5.23. The fourth-order valence-corrected chi connectivity index (χ4v) is 4.85. The lowest BCUT2D eigenvalue weighted by molar-refractivity contribution is 0.488. The summed E-state index contributed by atoms with van der Waals surface area (Å²) in [4.78, 5) is 2.14. The van der Waals surface area contributed by atoms with Gasteiger partial charge in [0.2, 0.25) is 0 Å². The number of benzene rings is 3. The van der Waals surface area contributed by atoms with Gasteiger partial charge in [0, 0.05) is 25.7 Å². The zero-order valence-corrected chi connectivity index (χ0v) is 18.3. The summed E-state index contributed by atoms with van der Waals surface area (Å²) in [5, 5.41) is 7.49. The minimum absolute atomic E-state index is 0.249. The number of hydrazone groups is 1. The van der Waals surface area contributed by atoms with Crippen molar-refractivity contribution in [2.75, 3.05) is 24.0 Å². The second-order valence-corrected chi connectivity index (χ2v) is 8.68. The van der Waals surface area contributed by atoms with Crippen LogP contribution in [0.4, 0.5) is 11.4 Å². The Bertz CT molecular complexity index is 1080. The van der Waals surface area contributed by atoms with Crippen LogP contribution in [0.5, 0.6) is 0 Å². The molecule has 1 heterocycles. The molecule has 3 aromatic carbocycles. The van der Waals surface area contributed by atoms with Crippen LogP contribution in [0.3, 0.4) is 0 Å². The van der Waals surface area contributed by atoms with Crippen molar-refractivity contribution in [3.05, 3.63) is 102 Å². The molecule has 31 heavy (non-hydrogen) atoms. The zero-order chi connectivity index (χ0) is 21.2. The summed E-state index contributed by atoms with van der Waals surface area (Å²) in [6.45, 7) is 0. The van der Waals surface area contributed by atoms with Crippen LogP contribution in [0.15, 0.2) is 95.6 Å². The van der Waals surface area contributed by atoms with Gasteiger partial charge in [0.25, 0.3) is 0 Å². The van der Waals surface area contributed by atoms with E-state index in [0.717, 1.165) is 12.1 Å². The van der Waals surface area contributed by atoms with Crippen molar-refractivity contribution >= 4 is 23.2 Å². The molecule has 3 heteroatoms. The van der Waals surface area contributed by atoms with E-state index in [2.05, 4.69) is 115 Å². The second-order valence-electron chi connectivity index (χ2n) is 8.68. The van der Waals surface area contributed by atoms with E-state index in [9.17, 15) is 0 Å². The predicted molar refractivity (Wildman–Crippen MR) is 132 cm³/mol. The summed E-state index contributed by atoms with van der Waals surface area (Å²) in [5.41, 5.74) is 7.62. The average Bonchev–Trinajstić information content (AvgIpc) is 3.21. The van der Waals surface area contributed by atoms with Crippen LogP contribution in [0, 0.1) is 5.92 Å². The molecule has 5 rings (SSSR count). The fourth-order valence-electron chi connectivity index (χ4n) is 4.85. The summed E-state index contributed by atoms with van der Waals surface area (Å²) >= 11 is 0. The number of para-hydroxylation sites is 1. The molecule has 0 saturated heterocycles. The van der Waals surface area contributed by atoms with Crippen molar-refractivity contribution < 1.29 is 0 Å². The van der Waals surface area contributed by atoms with Crippen LogP contribution in [0.25, 0.3) is 6.08 Å². The first kappa shape index (κ1) is 19.6. The Labute approximate surface area is 185 Å². The number of hydrogen-bond donors (Lipinski definition) is 0. The Morgan fingerprint density at radius 3 is 2.23 bits per heavy atom. The van der Waals surface area contributed by atoms with Crippen LogP contribution < -0.4 is 9.91 Å². The first-order valence-corrected chi connectivity index (χ1v) is 11.2. The quantitative estimate of drug-likeness (QED) is 0.488. The second kappa shape index (κ2) is 8.43. The molecule has 1 aliphatic carbocycles. The highest BCUT2D eigenvalue weighted by Gasteiger charge is 2.41. The molecule has 0 spiro atoms. The van der Waals surface area contributed by atoms with Gasteiger partial charge in [-0.25, -0.2) is 0 Å². The minimum atomic E-state index is 0.249. The van der Waals surface area contributed by atoms with Crippen molar-refractivity contribution in [3.63, 3.8) is 0 Å². The first-order valence-electron chi connectivity index (χ1n) is 11.2. The Balaban J connectivity index is 1.54. The fraction of sp³-hybridized carbons (Fsp3) is 0.250. The maximum Gasteiger partial charge on any atom is 0.0859 e. The maximum atomic E-state index is 5.23. The molecule has 1 fully saturated rings. The van der Waals surface area contributed by atoms with Gasteiger partial charge in [-0.3, -0.25) is 5.01 Å². The Morgan fingerprint density at radius 2 is 1.55 bits per heavy atom. The lowest BCUT2D eigenvalue weighted by Gasteiger charge is -2.30. The molecule has 0 N–H and O–H groups in total. The van der Waals surface area contributed by atoms with Gasteiger partial charge in [0.15, 0.2) is 0 Å². The van der Waals surface area contributed by atoms with Crippen molar-refractivity contribution in [3.8, 4) is 0 Å². The first-order chi connectivity index (χ1) is 15.2. The van der Waals surface area contributed by atoms with E-state index < -0.39 is 0 Å². The van der Waals surface area contributed by atoms with Gasteiger partial charge in [-0.05, 0) is 66.3 Å². The topological polar surface area (TPSA) is 18.8 Å². The van der Waals surface area contributed by atoms with E-state index in [0.29, 0.717) is 5.92 Å². The molecule has 1 saturated carbocycles. The molecule has 2 unspecified atom stereocenters. The van der Waals surface area contributed by atoms with Gasteiger partial charge in [-0.2, -0.15) is 5.10 Å². The lowest BCUT2D eigenvalue weighted by atomic mass is 9.77. The number of anilines is 2. The molecular weight excluding hydrogens is 378 g/mol. The van der Waals surface area contributed by atoms with Crippen LogP contribution in [0.2, 0.25) is 0 Å². The number of rotatable bonds is 4. The highest BCUT2D eigenvalue weighted by molar-refractivity contribution is 6.08. The molecule has 3 nitrogen and oxygen atoms in total. The Kier molecular flexibility index (Phi) is 5.33. The number of nitrogens with zero attached hydrogens (tertiary/aromatic N) is 3. The van der Waals surface area contributed by atoms with Crippen LogP contribution >= 0.6 is 0 Å². The van der Waals surface area contributed by atoms with Gasteiger partial charge >= 0.3 is 0 Å². The largest absolute Gasteiger partial charge is 0.378 e. The zero-order valence-electron chi connectivity index (χ0n) is 18.3. The van der Waals surface area contributed by atoms with Crippen molar-refractivity contribution in [1.29, 1.82) is 0 Å². The molecule has 0 amide bonds. The molecule has 156 valence electrons. The molecule has 2 atom stereocenters. The molecule has 2 aliphatic rings. The van der Waals surface area contributed by atoms with Gasteiger partial charge < -0.3 is 4.90 Å². The van der Waals surface area contributed by atoms with Gasteiger partial charge in [0.05, 0.1) is 17.4 Å². The summed E-state index contributed by atoms with van der Waals surface area (Å²) in [7, 11) is 4.16. The standard InChI is InChI=1S/C28H29N3/c1-30(2)24-18-16-21(17-19-24)20-23-12-9-15-26-27(23)29-31(25-13-7-4-8-14-25)28(26)22-10-5-3-6-11-22/h3-8,10-11,13-14,16-20,26,28H,9,12,15H2,1-2H3/b23-20-. The van der Waals surface area contributed by atoms with Gasteiger partial charge in [0.1, 0.15) is 0 Å². The molecule has 0 bridgehead atoms. The lowest BCUT2D eigenvalue weighted by Crippen LogP contribution is -2.28. The smallest absolute Gasteiger partial charge is 0.0859 e. The third-order valence-electron chi connectivity index (χ3n) is 6.41. The van der Waals surface area contributed by atoms with Crippen LogP contribution in [-0.2, 0) is 0 Å². The van der Waals surface area contributed by atoms with E-state index in [4.69, 9.17) is 5.10 Å². The molecule has 0 aromatic heterocycles. The summed E-state index contributed by atoms with van der Waals surface area (Å²) in [6.07, 6.45) is 5.83. The van der Waals surface area contributed by atoms with Crippen molar-refractivity contribution in [2.24, 2.45) is 11.0 Å². The summed E-state index contributed by atoms with van der Waals surface area (Å²) in [6, 6.07) is 30.5. The summed E-state index contributed by atoms with van der Waals surface area (Å²) < 4.78 is 0. The molecule has 1 aliphatic heterocycles. The third-order valence-corrected chi connectivity index (χ3v) is 6.41. The molecule has 0 radical (unpaired) electrons. The van der Waals surface area contributed by atoms with Crippen molar-refractivity contribution in [1.82, 2.24) is 0 Å². The van der Waals surface area contributed by atoms with E-state index in [1.807, 2.05) is 0 Å². The van der Waals surface area contributed by atoms with Crippen LogP contribution in [0.1, 0.15) is 36.4 Å². The molecular formula is C28H29N3. The summed E-state index contributed by atoms with van der Waals surface area (Å²) in [5.74, 6) is 0.420. The number of allylic oxidation sites excluding steroid dienone is 1. The predicted octanol–water partition coefficient (Wildman–Crippen LogP) is 6.55.